The van der Waals surface area contributed by atoms with Crippen molar-refractivity contribution in [3.63, 3.8) is 0 Å². The highest BCUT2D eigenvalue weighted by Crippen LogP contribution is 2.24. The van der Waals surface area contributed by atoms with Crippen LogP contribution in [0.2, 0.25) is 0 Å². The minimum atomic E-state index is 0.769. The highest BCUT2D eigenvalue weighted by molar-refractivity contribution is 9.11. The minimum Gasteiger partial charge on any atom is -0.369 e. The third-order valence-electron chi connectivity index (χ3n) is 0.864. The molecule has 0 saturated carbocycles. The van der Waals surface area contributed by atoms with Gasteiger partial charge in [0.05, 0.1) is 16.3 Å². The summed E-state index contributed by atoms with van der Waals surface area (Å²) >= 11 is 4.82. The van der Waals surface area contributed by atoms with Gasteiger partial charge in [-0.15, -0.1) is 0 Å². The number of aliphatic imine (C=N–C) groups is 1. The second-order valence-electron chi connectivity index (χ2n) is 2.16. The van der Waals surface area contributed by atoms with Crippen LogP contribution in [0.1, 0.15) is 0 Å². The largest absolute Gasteiger partial charge is 0.369 e. The smallest absolute Gasteiger partial charge is 0.211 e. The molecule has 0 amide bonds. The number of hydrogen-bond donors (Lipinski definition) is 0. The molecule has 0 unspecified atom stereocenters. The quantitative estimate of drug-likeness (QED) is 0.579. The summed E-state index contributed by atoms with van der Waals surface area (Å²) in [6.45, 7) is 0. The Kier molecular flexibility index (Phi) is 3.02. The molecular formula is C6H8BrN3S. The van der Waals surface area contributed by atoms with Crippen LogP contribution in [0.15, 0.2) is 15.0 Å². The number of hydrogen-bond acceptors (Lipinski definition) is 3. The molecule has 1 aromatic heterocycles. The van der Waals surface area contributed by atoms with Gasteiger partial charge in [0.2, 0.25) is 5.13 Å². The zero-order chi connectivity index (χ0) is 8.27. The molecule has 0 saturated heterocycles. The number of nitrogens with zero attached hydrogens (tertiary/aromatic N) is 3. The van der Waals surface area contributed by atoms with Crippen LogP contribution in [0.25, 0.3) is 0 Å². The molecule has 1 heterocycles. The van der Waals surface area contributed by atoms with Gasteiger partial charge in [-0.1, -0.05) is 11.3 Å². The molecule has 0 aliphatic rings. The summed E-state index contributed by atoms with van der Waals surface area (Å²) in [5.41, 5.74) is 0. The van der Waals surface area contributed by atoms with Gasteiger partial charge in [-0.3, -0.25) is 0 Å². The van der Waals surface area contributed by atoms with Crippen LogP contribution in [0.4, 0.5) is 5.13 Å². The van der Waals surface area contributed by atoms with E-state index in [0.29, 0.717) is 0 Å². The van der Waals surface area contributed by atoms with Crippen molar-refractivity contribution in [2.24, 2.45) is 4.99 Å². The van der Waals surface area contributed by atoms with E-state index in [1.807, 2.05) is 19.0 Å². The predicted molar refractivity (Wildman–Crippen MR) is 51.7 cm³/mol. The van der Waals surface area contributed by atoms with Crippen LogP contribution in [0, 0.1) is 0 Å². The normalized spacial score (nSPS) is 10.8. The molecule has 0 aromatic carbocycles. The first-order chi connectivity index (χ1) is 5.18. The fourth-order valence-electron chi connectivity index (χ4n) is 0.470. The van der Waals surface area contributed by atoms with Gasteiger partial charge >= 0.3 is 0 Å². The first-order valence-corrected chi connectivity index (χ1v) is 4.61. The maximum atomic E-state index is 4.10. The summed E-state index contributed by atoms with van der Waals surface area (Å²) < 4.78 is 1.00. The van der Waals surface area contributed by atoms with Crippen LogP contribution < -0.4 is 0 Å². The summed E-state index contributed by atoms with van der Waals surface area (Å²) in [6.07, 6.45) is 3.47. The maximum absolute atomic E-state index is 4.10. The predicted octanol–water partition coefficient (Wildman–Crippen LogP) is 2.13. The first-order valence-electron chi connectivity index (χ1n) is 3.00. The van der Waals surface area contributed by atoms with E-state index in [9.17, 15) is 0 Å². The average Bonchev–Trinajstić information content (AvgIpc) is 2.31. The zero-order valence-corrected chi connectivity index (χ0v) is 8.69. The molecule has 0 spiro atoms. The van der Waals surface area contributed by atoms with E-state index in [2.05, 4.69) is 25.9 Å². The molecule has 0 bridgehead atoms. The third kappa shape index (κ3) is 2.98. The van der Waals surface area contributed by atoms with E-state index < -0.39 is 0 Å². The Labute approximate surface area is 77.9 Å². The molecule has 1 rings (SSSR count). The summed E-state index contributed by atoms with van der Waals surface area (Å²) in [5, 5.41) is 0.769. The molecular weight excluding hydrogens is 226 g/mol. The molecule has 0 N–H and O–H groups in total. The molecule has 5 heteroatoms. The third-order valence-corrected chi connectivity index (χ3v) is 2.25. The van der Waals surface area contributed by atoms with Crippen molar-refractivity contribution in [1.29, 1.82) is 0 Å². The van der Waals surface area contributed by atoms with E-state index in [0.717, 1.165) is 8.92 Å². The lowest BCUT2D eigenvalue weighted by atomic mass is 10.9. The lowest BCUT2D eigenvalue weighted by molar-refractivity contribution is 0.643. The Balaban J connectivity index is 2.64. The van der Waals surface area contributed by atoms with Gasteiger partial charge in [-0.25, -0.2) is 9.98 Å². The second kappa shape index (κ2) is 3.82. The molecule has 0 fully saturated rings. The van der Waals surface area contributed by atoms with Crippen LogP contribution in [0.3, 0.4) is 0 Å². The fourth-order valence-corrected chi connectivity index (χ4v) is 1.49. The van der Waals surface area contributed by atoms with Gasteiger partial charge < -0.3 is 4.90 Å². The van der Waals surface area contributed by atoms with Crippen molar-refractivity contribution < 1.29 is 0 Å². The van der Waals surface area contributed by atoms with Gasteiger partial charge in [0.15, 0.2) is 0 Å². The van der Waals surface area contributed by atoms with Crippen molar-refractivity contribution in [3.05, 3.63) is 9.98 Å². The van der Waals surface area contributed by atoms with Crippen molar-refractivity contribution in [3.8, 4) is 0 Å². The Morgan fingerprint density at radius 1 is 1.73 bits per heavy atom. The molecule has 1 aromatic rings. The van der Waals surface area contributed by atoms with E-state index in [-0.39, 0.29) is 0 Å². The summed E-state index contributed by atoms with van der Waals surface area (Å²) in [5.74, 6) is 0. The van der Waals surface area contributed by atoms with Gasteiger partial charge in [-0.05, 0) is 15.9 Å². The molecule has 0 aliphatic heterocycles. The summed E-state index contributed by atoms with van der Waals surface area (Å²) in [6, 6.07) is 0. The fraction of sp³-hybridized carbons (Fsp3) is 0.333. The van der Waals surface area contributed by atoms with Gasteiger partial charge in [0, 0.05) is 14.1 Å². The summed E-state index contributed by atoms with van der Waals surface area (Å²) in [4.78, 5) is 10.0. The first kappa shape index (κ1) is 8.67. The Bertz CT molecular complexity index is 256. The molecule has 11 heavy (non-hydrogen) atoms. The van der Waals surface area contributed by atoms with Crippen molar-refractivity contribution in [1.82, 2.24) is 9.88 Å². The molecule has 60 valence electrons. The van der Waals surface area contributed by atoms with Crippen molar-refractivity contribution in [2.75, 3.05) is 14.1 Å². The van der Waals surface area contributed by atoms with E-state index in [1.165, 1.54) is 11.3 Å². The standard InChI is InChI=1S/C6H8BrN3S/c1-10(2)4-9-6-8-3-5(7)11-6/h3-4H,1-2H3/b9-4+. The van der Waals surface area contributed by atoms with E-state index in [4.69, 9.17) is 0 Å². The average molecular weight is 234 g/mol. The lowest BCUT2D eigenvalue weighted by Gasteiger charge is -1.99. The van der Waals surface area contributed by atoms with Gasteiger partial charge in [0.25, 0.3) is 0 Å². The van der Waals surface area contributed by atoms with Crippen molar-refractivity contribution >= 4 is 38.7 Å². The second-order valence-corrected chi connectivity index (χ2v) is 4.54. The molecule has 0 atom stereocenters. The van der Waals surface area contributed by atoms with Crippen LogP contribution in [-0.2, 0) is 0 Å². The topological polar surface area (TPSA) is 28.5 Å². The summed E-state index contributed by atoms with van der Waals surface area (Å²) in [7, 11) is 3.85. The lowest BCUT2D eigenvalue weighted by Crippen LogP contribution is -2.06. The van der Waals surface area contributed by atoms with Crippen LogP contribution >= 0.6 is 27.3 Å². The Hall–Kier alpha value is -0.420. The SMILES string of the molecule is CN(C)/C=N/c1ncc(Br)s1. The number of aromatic nitrogens is 1. The van der Waals surface area contributed by atoms with E-state index >= 15 is 0 Å². The van der Waals surface area contributed by atoms with E-state index in [1.54, 1.807) is 12.5 Å². The molecule has 3 nitrogen and oxygen atoms in total. The minimum absolute atomic E-state index is 0.769. The molecule has 0 radical (unpaired) electrons. The van der Waals surface area contributed by atoms with Crippen molar-refractivity contribution in [2.45, 2.75) is 0 Å². The maximum Gasteiger partial charge on any atom is 0.211 e. The number of rotatable bonds is 2. The Morgan fingerprint density at radius 3 is 2.91 bits per heavy atom. The highest BCUT2D eigenvalue weighted by atomic mass is 79.9. The zero-order valence-electron chi connectivity index (χ0n) is 6.28. The number of thiazole rings is 1. The monoisotopic (exact) mass is 233 g/mol. The Morgan fingerprint density at radius 2 is 2.45 bits per heavy atom. The number of halogens is 1. The van der Waals surface area contributed by atoms with Gasteiger partial charge in [0.1, 0.15) is 0 Å². The van der Waals surface area contributed by atoms with Crippen LogP contribution in [-0.4, -0.2) is 30.3 Å². The van der Waals surface area contributed by atoms with Gasteiger partial charge in [-0.2, -0.15) is 0 Å². The van der Waals surface area contributed by atoms with Crippen LogP contribution in [0.5, 0.6) is 0 Å². The molecule has 0 aliphatic carbocycles. The highest BCUT2D eigenvalue weighted by Gasteiger charge is 1.94.